The standard InChI is InChI=1S/C29H36N4O2/c1-19-8-6-7-11-24(19)29(35)31-23-16-17-25-26(18-23)33-27(32-25)20-12-14-21(15-13-20)28(34)30-22-9-4-2-3-5-10-22/h12-19,22,24H,2-11H2,1H3,(H,30,34)(H,31,35)(H,32,33). The zero-order chi connectivity index (χ0) is 24.2. The minimum Gasteiger partial charge on any atom is -0.349 e. The van der Waals surface area contributed by atoms with Gasteiger partial charge in [0.05, 0.1) is 11.0 Å². The van der Waals surface area contributed by atoms with Crippen LogP contribution in [0.5, 0.6) is 0 Å². The van der Waals surface area contributed by atoms with Crippen molar-refractivity contribution >= 4 is 28.5 Å². The molecule has 2 fully saturated rings. The first-order valence-electron chi connectivity index (χ1n) is 13.3. The summed E-state index contributed by atoms with van der Waals surface area (Å²) in [6, 6.07) is 13.7. The number of hydrogen-bond acceptors (Lipinski definition) is 3. The van der Waals surface area contributed by atoms with Crippen molar-refractivity contribution in [3.63, 3.8) is 0 Å². The van der Waals surface area contributed by atoms with Gasteiger partial charge >= 0.3 is 0 Å². The van der Waals surface area contributed by atoms with Crippen LogP contribution in [0.25, 0.3) is 22.4 Å². The fraction of sp³-hybridized carbons (Fsp3) is 0.483. The zero-order valence-corrected chi connectivity index (χ0v) is 20.6. The lowest BCUT2D eigenvalue weighted by molar-refractivity contribution is -0.122. The van der Waals surface area contributed by atoms with E-state index in [4.69, 9.17) is 4.98 Å². The Kier molecular flexibility index (Phi) is 7.16. The molecule has 184 valence electrons. The highest BCUT2D eigenvalue weighted by atomic mass is 16.2. The van der Waals surface area contributed by atoms with Crippen LogP contribution in [0.1, 0.15) is 81.5 Å². The molecule has 2 amide bonds. The maximum absolute atomic E-state index is 12.8. The van der Waals surface area contributed by atoms with Crippen molar-refractivity contribution in [1.29, 1.82) is 0 Å². The number of fused-ring (bicyclic) bond motifs is 1. The van der Waals surface area contributed by atoms with Gasteiger partial charge in [-0.1, -0.05) is 57.6 Å². The number of anilines is 1. The lowest BCUT2D eigenvalue weighted by atomic mass is 9.80. The smallest absolute Gasteiger partial charge is 0.251 e. The number of hydrogen-bond donors (Lipinski definition) is 3. The number of carbonyl (C=O) groups is 2. The fourth-order valence-corrected chi connectivity index (χ4v) is 5.63. The summed E-state index contributed by atoms with van der Waals surface area (Å²) >= 11 is 0. The van der Waals surface area contributed by atoms with E-state index >= 15 is 0 Å². The molecule has 6 nitrogen and oxygen atoms in total. The van der Waals surface area contributed by atoms with Gasteiger partial charge < -0.3 is 15.6 Å². The SMILES string of the molecule is CC1CCCCC1C(=O)Nc1ccc2[nH]c(-c3ccc(C(=O)NC4CCCCCC4)cc3)nc2c1. The molecule has 0 aliphatic heterocycles. The summed E-state index contributed by atoms with van der Waals surface area (Å²) in [6.07, 6.45) is 11.5. The molecule has 3 N–H and O–H groups in total. The van der Waals surface area contributed by atoms with Crippen molar-refractivity contribution in [1.82, 2.24) is 15.3 Å². The van der Waals surface area contributed by atoms with Crippen LogP contribution < -0.4 is 10.6 Å². The zero-order valence-electron chi connectivity index (χ0n) is 20.6. The van der Waals surface area contributed by atoms with Crippen molar-refractivity contribution in [3.05, 3.63) is 48.0 Å². The molecule has 0 bridgehead atoms. The van der Waals surface area contributed by atoms with Crippen LogP contribution in [0.3, 0.4) is 0 Å². The Morgan fingerprint density at radius 1 is 0.886 bits per heavy atom. The van der Waals surface area contributed by atoms with Crippen molar-refractivity contribution < 1.29 is 9.59 Å². The summed E-state index contributed by atoms with van der Waals surface area (Å²) in [5.41, 5.74) is 4.11. The molecular weight excluding hydrogens is 436 g/mol. The van der Waals surface area contributed by atoms with E-state index in [1.54, 1.807) is 0 Å². The Morgan fingerprint density at radius 2 is 1.60 bits per heavy atom. The van der Waals surface area contributed by atoms with Crippen LogP contribution in [0, 0.1) is 11.8 Å². The Balaban J connectivity index is 1.25. The molecule has 2 unspecified atom stereocenters. The van der Waals surface area contributed by atoms with E-state index in [2.05, 4.69) is 22.5 Å². The summed E-state index contributed by atoms with van der Waals surface area (Å²) in [5, 5.41) is 6.31. The molecular formula is C29H36N4O2. The molecule has 2 aromatic carbocycles. The Hall–Kier alpha value is -3.15. The van der Waals surface area contributed by atoms with E-state index < -0.39 is 0 Å². The number of rotatable bonds is 5. The van der Waals surface area contributed by atoms with Crippen molar-refractivity contribution in [2.24, 2.45) is 11.8 Å². The van der Waals surface area contributed by atoms with E-state index in [1.807, 2.05) is 42.5 Å². The molecule has 3 aromatic rings. The molecule has 6 heteroatoms. The van der Waals surface area contributed by atoms with Crippen LogP contribution >= 0.6 is 0 Å². The maximum Gasteiger partial charge on any atom is 0.251 e. The minimum absolute atomic E-state index is 0.000670. The Bertz CT molecular complexity index is 1180. The van der Waals surface area contributed by atoms with Gasteiger partial charge in [-0.25, -0.2) is 4.98 Å². The monoisotopic (exact) mass is 472 g/mol. The second-order valence-corrected chi connectivity index (χ2v) is 10.4. The summed E-state index contributed by atoms with van der Waals surface area (Å²) in [4.78, 5) is 33.6. The van der Waals surface area contributed by atoms with Crippen molar-refractivity contribution in [2.45, 2.75) is 77.2 Å². The largest absolute Gasteiger partial charge is 0.349 e. The quantitative estimate of drug-likeness (QED) is 0.373. The molecule has 5 rings (SSSR count). The average molecular weight is 473 g/mol. The Morgan fingerprint density at radius 3 is 2.34 bits per heavy atom. The number of aromatic nitrogens is 2. The number of benzene rings is 2. The third-order valence-corrected chi connectivity index (χ3v) is 7.81. The molecule has 1 heterocycles. The lowest BCUT2D eigenvalue weighted by Crippen LogP contribution is -2.34. The van der Waals surface area contributed by atoms with Gasteiger partial charge in [0.1, 0.15) is 5.82 Å². The predicted molar refractivity (Wildman–Crippen MR) is 140 cm³/mol. The van der Waals surface area contributed by atoms with E-state index in [-0.39, 0.29) is 23.8 Å². The summed E-state index contributed by atoms with van der Waals surface area (Å²) in [7, 11) is 0. The first-order valence-corrected chi connectivity index (χ1v) is 13.3. The van der Waals surface area contributed by atoms with Gasteiger partial charge in [0, 0.05) is 28.8 Å². The number of nitrogens with zero attached hydrogens (tertiary/aromatic N) is 1. The Labute approximate surface area is 207 Å². The van der Waals surface area contributed by atoms with Gasteiger partial charge in [0.15, 0.2) is 0 Å². The van der Waals surface area contributed by atoms with Gasteiger partial charge in [0.25, 0.3) is 5.91 Å². The maximum atomic E-state index is 12.8. The predicted octanol–water partition coefficient (Wildman–Crippen LogP) is 6.45. The summed E-state index contributed by atoms with van der Waals surface area (Å²) < 4.78 is 0. The third kappa shape index (κ3) is 5.58. The molecule has 35 heavy (non-hydrogen) atoms. The van der Waals surface area contributed by atoms with Crippen LogP contribution in [0.15, 0.2) is 42.5 Å². The molecule has 0 spiro atoms. The first-order chi connectivity index (χ1) is 17.1. The molecule has 2 aliphatic carbocycles. The molecule has 0 saturated heterocycles. The summed E-state index contributed by atoms with van der Waals surface area (Å²) in [6.45, 7) is 2.18. The number of carbonyl (C=O) groups excluding carboxylic acids is 2. The van der Waals surface area contributed by atoms with Gasteiger partial charge in [-0.15, -0.1) is 0 Å². The topological polar surface area (TPSA) is 86.9 Å². The van der Waals surface area contributed by atoms with Gasteiger partial charge in [-0.05, 0) is 61.9 Å². The van der Waals surface area contributed by atoms with Crippen LogP contribution in [0.4, 0.5) is 5.69 Å². The van der Waals surface area contributed by atoms with E-state index in [0.29, 0.717) is 11.5 Å². The minimum atomic E-state index is 0.000670. The number of amides is 2. The highest BCUT2D eigenvalue weighted by Crippen LogP contribution is 2.31. The highest BCUT2D eigenvalue weighted by molar-refractivity contribution is 5.96. The number of nitrogens with one attached hydrogen (secondary N) is 3. The molecule has 1 aromatic heterocycles. The van der Waals surface area contributed by atoms with Gasteiger partial charge in [0.2, 0.25) is 5.91 Å². The van der Waals surface area contributed by atoms with Crippen molar-refractivity contribution in [3.8, 4) is 11.4 Å². The summed E-state index contributed by atoms with van der Waals surface area (Å²) in [5.74, 6) is 1.39. The van der Waals surface area contributed by atoms with Crippen LogP contribution in [0.2, 0.25) is 0 Å². The normalized spacial score (nSPS) is 21.4. The number of aromatic amines is 1. The van der Waals surface area contributed by atoms with Gasteiger partial charge in [-0.2, -0.15) is 0 Å². The average Bonchev–Trinajstić information content (AvgIpc) is 3.12. The molecule has 0 radical (unpaired) electrons. The second-order valence-electron chi connectivity index (χ2n) is 10.4. The molecule has 2 aliphatic rings. The van der Waals surface area contributed by atoms with Crippen LogP contribution in [-0.4, -0.2) is 27.8 Å². The molecule has 2 saturated carbocycles. The highest BCUT2D eigenvalue weighted by Gasteiger charge is 2.27. The first kappa shape index (κ1) is 23.6. The van der Waals surface area contributed by atoms with Gasteiger partial charge in [-0.3, -0.25) is 9.59 Å². The fourth-order valence-electron chi connectivity index (χ4n) is 5.63. The number of imidazole rings is 1. The third-order valence-electron chi connectivity index (χ3n) is 7.81. The van der Waals surface area contributed by atoms with E-state index in [0.717, 1.165) is 60.2 Å². The second kappa shape index (κ2) is 10.6. The van der Waals surface area contributed by atoms with Crippen molar-refractivity contribution in [2.75, 3.05) is 5.32 Å². The lowest BCUT2D eigenvalue weighted by Gasteiger charge is -2.27. The van der Waals surface area contributed by atoms with E-state index in [1.165, 1.54) is 32.1 Å². The van der Waals surface area contributed by atoms with Crippen LogP contribution in [-0.2, 0) is 4.79 Å². The number of H-pyrrole nitrogens is 1. The van der Waals surface area contributed by atoms with E-state index in [9.17, 15) is 9.59 Å². The molecule has 2 atom stereocenters.